The summed E-state index contributed by atoms with van der Waals surface area (Å²) in [5.74, 6) is -1.07. The Hall–Kier alpha value is -1.79. The van der Waals surface area contributed by atoms with E-state index in [-0.39, 0.29) is 30.9 Å². The predicted octanol–water partition coefficient (Wildman–Crippen LogP) is -0.523. The topological polar surface area (TPSA) is 89.9 Å². The minimum Gasteiger partial charge on any atom is -0.480 e. The smallest absolute Gasteiger partial charge is 0.323 e. The van der Waals surface area contributed by atoms with Crippen LogP contribution >= 0.6 is 0 Å². The molecular formula is C11H17N3O4. The van der Waals surface area contributed by atoms with Crippen molar-refractivity contribution in [3.05, 3.63) is 0 Å². The highest BCUT2D eigenvalue weighted by Gasteiger charge is 2.36. The average Bonchev–Trinajstić information content (AvgIpc) is 3.12. The van der Waals surface area contributed by atoms with Crippen LogP contribution in [0.3, 0.4) is 0 Å². The van der Waals surface area contributed by atoms with Crippen LogP contribution in [0.4, 0.5) is 4.79 Å². The summed E-state index contributed by atoms with van der Waals surface area (Å²) in [6, 6.07) is -0.211. The van der Waals surface area contributed by atoms with Gasteiger partial charge in [0.15, 0.2) is 0 Å². The van der Waals surface area contributed by atoms with Gasteiger partial charge in [-0.15, -0.1) is 0 Å². The first kappa shape index (κ1) is 12.7. The fourth-order valence-electron chi connectivity index (χ4n) is 2.02. The van der Waals surface area contributed by atoms with Crippen molar-refractivity contribution >= 4 is 17.9 Å². The maximum atomic E-state index is 12.2. The lowest BCUT2D eigenvalue weighted by molar-refractivity contribution is -0.138. The van der Waals surface area contributed by atoms with Crippen molar-refractivity contribution in [3.63, 3.8) is 0 Å². The van der Waals surface area contributed by atoms with Crippen molar-refractivity contribution < 1.29 is 19.5 Å². The molecule has 7 heteroatoms. The number of nitrogens with one attached hydrogen (secondary N) is 1. The number of hydrogen-bond acceptors (Lipinski definition) is 3. The molecule has 0 bridgehead atoms. The quantitative estimate of drug-likeness (QED) is 0.710. The normalized spacial score (nSPS) is 20.0. The highest BCUT2D eigenvalue weighted by Crippen LogP contribution is 2.27. The molecule has 1 saturated carbocycles. The van der Waals surface area contributed by atoms with Gasteiger partial charge in [0.2, 0.25) is 5.91 Å². The molecule has 7 nitrogen and oxygen atoms in total. The lowest BCUT2D eigenvalue weighted by Gasteiger charge is -2.28. The van der Waals surface area contributed by atoms with E-state index in [2.05, 4.69) is 5.32 Å². The van der Waals surface area contributed by atoms with E-state index in [1.54, 1.807) is 4.90 Å². The maximum absolute atomic E-state index is 12.2. The molecule has 1 saturated heterocycles. The molecular weight excluding hydrogens is 238 g/mol. The summed E-state index contributed by atoms with van der Waals surface area (Å²) in [6.45, 7) is 0.957. The van der Waals surface area contributed by atoms with Crippen molar-refractivity contribution in [2.45, 2.75) is 25.3 Å². The van der Waals surface area contributed by atoms with Gasteiger partial charge in [-0.3, -0.25) is 9.59 Å². The first-order valence-electron chi connectivity index (χ1n) is 6.12. The number of hydrogen-bond donors (Lipinski definition) is 2. The summed E-state index contributed by atoms with van der Waals surface area (Å²) < 4.78 is 0. The number of amides is 3. The lowest BCUT2D eigenvalue weighted by atomic mass is 10.4. The third-order valence-electron chi connectivity index (χ3n) is 3.12. The average molecular weight is 255 g/mol. The van der Waals surface area contributed by atoms with Crippen LogP contribution in [0.5, 0.6) is 0 Å². The molecule has 0 aromatic heterocycles. The van der Waals surface area contributed by atoms with Crippen molar-refractivity contribution in [3.8, 4) is 0 Å². The molecule has 18 heavy (non-hydrogen) atoms. The Balaban J connectivity index is 1.98. The third-order valence-corrected chi connectivity index (χ3v) is 3.12. The molecule has 0 radical (unpaired) electrons. The minimum absolute atomic E-state index is 0.0560. The van der Waals surface area contributed by atoms with Crippen LogP contribution < -0.4 is 5.32 Å². The number of carboxylic acid groups (broad SMARTS) is 1. The molecule has 2 rings (SSSR count). The number of carbonyl (C=O) groups is 3. The molecule has 2 aliphatic rings. The number of aliphatic carboxylic acids is 1. The molecule has 1 heterocycles. The Morgan fingerprint density at radius 2 is 2.11 bits per heavy atom. The lowest BCUT2D eigenvalue weighted by Crippen LogP contribution is -2.47. The fourth-order valence-corrected chi connectivity index (χ4v) is 2.02. The Kier molecular flexibility index (Phi) is 3.69. The molecule has 0 unspecified atom stereocenters. The molecule has 2 N–H and O–H groups in total. The van der Waals surface area contributed by atoms with Crippen molar-refractivity contribution in [1.82, 2.24) is 15.1 Å². The largest absolute Gasteiger partial charge is 0.480 e. The van der Waals surface area contributed by atoms with E-state index >= 15 is 0 Å². The van der Waals surface area contributed by atoms with Crippen LogP contribution in [0.25, 0.3) is 0 Å². The maximum Gasteiger partial charge on any atom is 0.323 e. The number of urea groups is 1. The van der Waals surface area contributed by atoms with Crippen LogP contribution in [-0.4, -0.2) is 65.0 Å². The SMILES string of the molecule is O=C(O)CN(C(=O)N1CCNC(=O)CC1)C1CC1. The molecule has 0 spiro atoms. The third kappa shape index (κ3) is 3.12. The van der Waals surface area contributed by atoms with Crippen molar-refractivity contribution in [2.75, 3.05) is 26.2 Å². The van der Waals surface area contributed by atoms with Crippen LogP contribution in [-0.2, 0) is 9.59 Å². The highest BCUT2D eigenvalue weighted by molar-refractivity contribution is 5.82. The van der Waals surface area contributed by atoms with Crippen LogP contribution in [0, 0.1) is 0 Å². The first-order valence-corrected chi connectivity index (χ1v) is 6.12. The Morgan fingerprint density at radius 1 is 1.39 bits per heavy atom. The van der Waals surface area contributed by atoms with E-state index in [1.807, 2.05) is 0 Å². The van der Waals surface area contributed by atoms with E-state index in [1.165, 1.54) is 4.90 Å². The van der Waals surface area contributed by atoms with E-state index in [0.717, 1.165) is 12.8 Å². The zero-order chi connectivity index (χ0) is 13.1. The first-order chi connectivity index (χ1) is 8.58. The summed E-state index contributed by atoms with van der Waals surface area (Å²) in [7, 11) is 0. The predicted molar refractivity (Wildman–Crippen MR) is 62.0 cm³/mol. The summed E-state index contributed by atoms with van der Waals surface area (Å²) in [6.07, 6.45) is 2.01. The second-order valence-corrected chi connectivity index (χ2v) is 4.62. The van der Waals surface area contributed by atoms with E-state index < -0.39 is 5.97 Å². The van der Waals surface area contributed by atoms with Crippen LogP contribution in [0.15, 0.2) is 0 Å². The summed E-state index contributed by atoms with van der Waals surface area (Å²) in [5, 5.41) is 11.5. The number of rotatable bonds is 3. The molecule has 3 amide bonds. The zero-order valence-electron chi connectivity index (χ0n) is 10.1. The van der Waals surface area contributed by atoms with E-state index in [4.69, 9.17) is 5.11 Å². The molecule has 2 fully saturated rings. The van der Waals surface area contributed by atoms with Gasteiger partial charge in [0.25, 0.3) is 0 Å². The van der Waals surface area contributed by atoms with Gasteiger partial charge in [0.1, 0.15) is 6.54 Å². The van der Waals surface area contributed by atoms with Gasteiger partial charge in [-0.2, -0.15) is 0 Å². The van der Waals surface area contributed by atoms with Gasteiger partial charge in [-0.25, -0.2) is 4.79 Å². The van der Waals surface area contributed by atoms with Gasteiger partial charge in [0, 0.05) is 32.1 Å². The molecule has 0 aromatic rings. The molecule has 0 aromatic carbocycles. The Labute approximate surface area is 105 Å². The van der Waals surface area contributed by atoms with Crippen molar-refractivity contribution in [1.29, 1.82) is 0 Å². The highest BCUT2D eigenvalue weighted by atomic mass is 16.4. The van der Waals surface area contributed by atoms with Gasteiger partial charge in [0.05, 0.1) is 0 Å². The van der Waals surface area contributed by atoms with Crippen molar-refractivity contribution in [2.24, 2.45) is 0 Å². The number of carbonyl (C=O) groups excluding carboxylic acids is 2. The van der Waals surface area contributed by atoms with Crippen LogP contribution in [0.1, 0.15) is 19.3 Å². The molecule has 1 aliphatic carbocycles. The molecule has 0 atom stereocenters. The molecule has 100 valence electrons. The summed E-state index contributed by atoms with van der Waals surface area (Å²) in [4.78, 5) is 37.1. The Morgan fingerprint density at radius 3 is 2.72 bits per heavy atom. The van der Waals surface area contributed by atoms with Gasteiger partial charge < -0.3 is 20.2 Å². The minimum atomic E-state index is -1.00. The van der Waals surface area contributed by atoms with Gasteiger partial charge in [-0.1, -0.05) is 0 Å². The Bertz CT molecular complexity index is 367. The van der Waals surface area contributed by atoms with E-state index in [9.17, 15) is 14.4 Å². The summed E-state index contributed by atoms with van der Waals surface area (Å²) in [5.41, 5.74) is 0. The second kappa shape index (κ2) is 5.24. The zero-order valence-corrected chi connectivity index (χ0v) is 10.1. The molecule has 1 aliphatic heterocycles. The number of carboxylic acids is 1. The monoisotopic (exact) mass is 255 g/mol. The van der Waals surface area contributed by atoms with Crippen LogP contribution in [0.2, 0.25) is 0 Å². The van der Waals surface area contributed by atoms with Gasteiger partial charge >= 0.3 is 12.0 Å². The number of nitrogens with zero attached hydrogens (tertiary/aromatic N) is 2. The summed E-state index contributed by atoms with van der Waals surface area (Å²) >= 11 is 0. The fraction of sp³-hybridized carbons (Fsp3) is 0.727. The second-order valence-electron chi connectivity index (χ2n) is 4.62. The standard InChI is InChI=1S/C11H17N3O4/c15-9-3-5-13(6-4-12-9)11(18)14(7-10(16)17)8-1-2-8/h8H,1-7H2,(H,12,15)(H,16,17). The van der Waals surface area contributed by atoms with E-state index in [0.29, 0.717) is 19.6 Å². The van der Waals surface area contributed by atoms with Gasteiger partial charge in [-0.05, 0) is 12.8 Å².